The predicted molar refractivity (Wildman–Crippen MR) is 62.6 cm³/mol. The molecule has 2 heteroatoms. The molecule has 1 aromatic carbocycles. The summed E-state index contributed by atoms with van der Waals surface area (Å²) in [6, 6.07) is 9.72. The van der Waals surface area contributed by atoms with E-state index in [1.165, 1.54) is 0 Å². The van der Waals surface area contributed by atoms with E-state index in [2.05, 4.69) is 0 Å². The normalized spacial score (nSPS) is 27.9. The molecule has 1 aliphatic carbocycles. The molecule has 2 rings (SSSR count). The van der Waals surface area contributed by atoms with Gasteiger partial charge in [-0.15, -0.1) is 0 Å². The molecule has 0 heterocycles. The van der Waals surface area contributed by atoms with Gasteiger partial charge in [0.15, 0.2) is 0 Å². The van der Waals surface area contributed by atoms with Crippen LogP contribution >= 0.6 is 0 Å². The van der Waals surface area contributed by atoms with E-state index in [-0.39, 0.29) is 0 Å². The van der Waals surface area contributed by atoms with Gasteiger partial charge in [-0.05, 0) is 11.6 Å². The van der Waals surface area contributed by atoms with E-state index < -0.39 is 11.5 Å². The van der Waals surface area contributed by atoms with Crippen molar-refractivity contribution in [1.82, 2.24) is 0 Å². The van der Waals surface area contributed by atoms with Gasteiger partial charge in [-0.2, -0.15) is 0 Å². The Labute approximate surface area is 95.2 Å². The van der Waals surface area contributed by atoms with E-state index in [0.717, 1.165) is 5.56 Å². The van der Waals surface area contributed by atoms with Crippen molar-refractivity contribution in [2.75, 3.05) is 7.11 Å². The maximum atomic E-state index is 11.0. The van der Waals surface area contributed by atoms with E-state index >= 15 is 0 Å². The molecule has 0 aromatic heterocycles. The molecule has 0 amide bonds. The van der Waals surface area contributed by atoms with Crippen LogP contribution in [0.5, 0.6) is 0 Å². The van der Waals surface area contributed by atoms with Crippen LogP contribution in [0.3, 0.4) is 0 Å². The van der Waals surface area contributed by atoms with Crippen LogP contribution in [0.15, 0.2) is 54.6 Å². The Hall–Kier alpha value is -1.67. The Balaban J connectivity index is 2.50. The minimum atomic E-state index is -0.711. The van der Waals surface area contributed by atoms with Crippen LogP contribution < -0.4 is 0 Å². The fraction of sp³-hybridized carbons (Fsp3) is 0.214. The highest BCUT2D eigenvalue weighted by Crippen LogP contribution is 2.36. The topological polar surface area (TPSA) is 26.3 Å². The lowest BCUT2D eigenvalue weighted by molar-refractivity contribution is 0.0111. The van der Waals surface area contributed by atoms with E-state index in [9.17, 15) is 4.79 Å². The summed E-state index contributed by atoms with van der Waals surface area (Å²) in [6.07, 6.45) is 9.48. The number of carbonyl (C=O) groups excluding carboxylic acids is 1. The molecule has 2 atom stereocenters. The standard InChI is InChI=1S/C14H13O2/c1-16-14(12-7-3-2-4-8-12)10-6-5-9-13(14)11-15/h2-10,13H,1H3. The summed E-state index contributed by atoms with van der Waals surface area (Å²) in [5.41, 5.74) is 0.254. The van der Waals surface area contributed by atoms with Gasteiger partial charge in [0.25, 0.3) is 0 Å². The zero-order chi connectivity index (χ0) is 11.4. The second kappa shape index (κ2) is 4.45. The zero-order valence-electron chi connectivity index (χ0n) is 9.09. The number of benzene rings is 1. The lowest BCUT2D eigenvalue weighted by Crippen LogP contribution is -2.36. The SMILES string of the molecule is COC1(c2ccccc2)C=CC=CC1[C]=O. The van der Waals surface area contributed by atoms with Gasteiger partial charge in [0.05, 0.1) is 5.92 Å². The van der Waals surface area contributed by atoms with Gasteiger partial charge in [0, 0.05) is 7.11 Å². The minimum Gasteiger partial charge on any atom is -0.368 e. The highest BCUT2D eigenvalue weighted by atomic mass is 16.5. The minimum absolute atomic E-state index is 0.398. The number of hydrogen-bond acceptors (Lipinski definition) is 2. The number of allylic oxidation sites excluding steroid dienone is 2. The molecule has 0 saturated heterocycles. The molecule has 0 saturated carbocycles. The summed E-state index contributed by atoms with van der Waals surface area (Å²) < 4.78 is 5.57. The molecule has 0 N–H and O–H groups in total. The summed E-state index contributed by atoms with van der Waals surface area (Å²) in [5.74, 6) is -0.398. The zero-order valence-corrected chi connectivity index (χ0v) is 9.09. The van der Waals surface area contributed by atoms with Crippen LogP contribution in [0.2, 0.25) is 0 Å². The molecule has 1 aliphatic rings. The first-order valence-electron chi connectivity index (χ1n) is 5.18. The molecule has 0 bridgehead atoms. The largest absolute Gasteiger partial charge is 0.368 e. The first kappa shape index (κ1) is 10.8. The Morgan fingerprint density at radius 3 is 2.62 bits per heavy atom. The van der Waals surface area contributed by atoms with Crippen molar-refractivity contribution >= 4 is 6.29 Å². The molecule has 1 aromatic rings. The van der Waals surface area contributed by atoms with Crippen LogP contribution in [0.1, 0.15) is 5.56 Å². The molecular formula is C14H13O2. The Morgan fingerprint density at radius 1 is 1.25 bits per heavy atom. The smallest absolute Gasteiger partial charge is 0.209 e. The average Bonchev–Trinajstić information content (AvgIpc) is 2.39. The highest BCUT2D eigenvalue weighted by Gasteiger charge is 2.38. The number of hydrogen-bond donors (Lipinski definition) is 0. The maximum absolute atomic E-state index is 11.0. The average molecular weight is 213 g/mol. The monoisotopic (exact) mass is 213 g/mol. The molecule has 2 unspecified atom stereocenters. The third-order valence-electron chi connectivity index (χ3n) is 2.91. The summed E-state index contributed by atoms with van der Waals surface area (Å²) in [4.78, 5) is 11.0. The Morgan fingerprint density at radius 2 is 2.00 bits per heavy atom. The van der Waals surface area contributed by atoms with Crippen LogP contribution in [-0.4, -0.2) is 13.4 Å². The van der Waals surface area contributed by atoms with Crippen LogP contribution in [0.25, 0.3) is 0 Å². The summed E-state index contributed by atoms with van der Waals surface area (Å²) >= 11 is 0. The second-order valence-electron chi connectivity index (χ2n) is 3.70. The number of methoxy groups -OCH3 is 1. The Bertz CT molecular complexity index is 420. The quantitative estimate of drug-likeness (QED) is 0.770. The van der Waals surface area contributed by atoms with Crippen LogP contribution in [-0.2, 0) is 15.1 Å². The van der Waals surface area contributed by atoms with Crippen LogP contribution in [0.4, 0.5) is 0 Å². The van der Waals surface area contributed by atoms with Crippen molar-refractivity contribution in [1.29, 1.82) is 0 Å². The van der Waals surface area contributed by atoms with Gasteiger partial charge in [-0.1, -0.05) is 48.6 Å². The lowest BCUT2D eigenvalue weighted by atomic mass is 9.79. The molecule has 0 fully saturated rings. The summed E-state index contributed by atoms with van der Waals surface area (Å²) in [5, 5.41) is 0. The summed E-state index contributed by atoms with van der Waals surface area (Å²) in [7, 11) is 1.61. The van der Waals surface area contributed by atoms with Gasteiger partial charge in [-0.3, -0.25) is 4.79 Å². The first-order chi connectivity index (χ1) is 7.83. The molecule has 2 nitrogen and oxygen atoms in total. The molecular weight excluding hydrogens is 200 g/mol. The summed E-state index contributed by atoms with van der Waals surface area (Å²) in [6.45, 7) is 0. The fourth-order valence-corrected chi connectivity index (χ4v) is 2.03. The van der Waals surface area contributed by atoms with E-state index in [1.54, 1.807) is 7.11 Å². The van der Waals surface area contributed by atoms with Crippen molar-refractivity contribution in [2.24, 2.45) is 5.92 Å². The highest BCUT2D eigenvalue weighted by molar-refractivity contribution is 5.63. The number of ether oxygens (including phenoxy) is 1. The van der Waals surface area contributed by atoms with Gasteiger partial charge in [0.2, 0.25) is 6.29 Å². The molecule has 0 spiro atoms. The molecule has 16 heavy (non-hydrogen) atoms. The third kappa shape index (κ3) is 1.61. The first-order valence-corrected chi connectivity index (χ1v) is 5.18. The van der Waals surface area contributed by atoms with Gasteiger partial charge < -0.3 is 4.74 Å². The second-order valence-corrected chi connectivity index (χ2v) is 3.70. The molecule has 81 valence electrons. The van der Waals surface area contributed by atoms with E-state index in [0.29, 0.717) is 0 Å². The fourth-order valence-electron chi connectivity index (χ4n) is 2.03. The van der Waals surface area contributed by atoms with Gasteiger partial charge >= 0.3 is 0 Å². The maximum Gasteiger partial charge on any atom is 0.209 e. The van der Waals surface area contributed by atoms with Crippen molar-refractivity contribution < 1.29 is 9.53 Å². The van der Waals surface area contributed by atoms with E-state index in [1.807, 2.05) is 60.9 Å². The molecule has 1 radical (unpaired) electrons. The third-order valence-corrected chi connectivity index (χ3v) is 2.91. The van der Waals surface area contributed by atoms with E-state index in [4.69, 9.17) is 4.74 Å². The predicted octanol–water partition coefficient (Wildman–Crippen LogP) is 2.38. The lowest BCUT2D eigenvalue weighted by Gasteiger charge is -2.34. The van der Waals surface area contributed by atoms with Gasteiger partial charge in [0.1, 0.15) is 5.60 Å². The number of rotatable bonds is 3. The van der Waals surface area contributed by atoms with Crippen molar-refractivity contribution in [2.45, 2.75) is 5.60 Å². The van der Waals surface area contributed by atoms with Crippen molar-refractivity contribution in [3.8, 4) is 0 Å². The Kier molecular flexibility index (Phi) is 3.02. The van der Waals surface area contributed by atoms with Crippen LogP contribution in [0, 0.1) is 5.92 Å². The van der Waals surface area contributed by atoms with Crippen molar-refractivity contribution in [3.63, 3.8) is 0 Å². The molecule has 0 aliphatic heterocycles. The van der Waals surface area contributed by atoms with Crippen molar-refractivity contribution in [3.05, 3.63) is 60.2 Å². The van der Waals surface area contributed by atoms with Gasteiger partial charge in [-0.25, -0.2) is 0 Å².